The standard InChI is InChI=1S/C33H38N2O7/c1-5-40-25-17-11-8-14-21(25)28-29(31(37)34-22-15-9-12-18-26(22)41-6-2)24(36)20-33(4,39)30(28)32(38)35-23-16-10-13-19-27(23)42-7-3/h8-19,28-30,39H,5-7,20H2,1-4H3,(H,34,37)(H,35,38). The van der Waals surface area contributed by atoms with Crippen LogP contribution in [0.4, 0.5) is 11.4 Å². The van der Waals surface area contributed by atoms with E-state index in [9.17, 15) is 19.5 Å². The Morgan fingerprint density at radius 2 is 1.21 bits per heavy atom. The molecule has 42 heavy (non-hydrogen) atoms. The third-order valence-electron chi connectivity index (χ3n) is 7.30. The summed E-state index contributed by atoms with van der Waals surface area (Å²) in [6.45, 7) is 8.04. The Bertz CT molecular complexity index is 1420. The second-order valence-corrected chi connectivity index (χ2v) is 10.3. The number of nitrogens with one attached hydrogen (secondary N) is 2. The van der Waals surface area contributed by atoms with Crippen LogP contribution in [0.3, 0.4) is 0 Å². The van der Waals surface area contributed by atoms with Crippen molar-refractivity contribution in [2.75, 3.05) is 30.5 Å². The van der Waals surface area contributed by atoms with Gasteiger partial charge >= 0.3 is 0 Å². The van der Waals surface area contributed by atoms with Gasteiger partial charge in [0, 0.05) is 12.3 Å². The molecule has 1 fully saturated rings. The lowest BCUT2D eigenvalue weighted by atomic mass is 9.61. The lowest BCUT2D eigenvalue weighted by Gasteiger charge is -2.44. The van der Waals surface area contributed by atoms with Crippen molar-refractivity contribution in [1.82, 2.24) is 0 Å². The molecule has 4 atom stereocenters. The number of benzene rings is 3. The minimum Gasteiger partial charge on any atom is -0.494 e. The molecule has 1 aliphatic rings. The zero-order chi connectivity index (χ0) is 30.3. The Balaban J connectivity index is 1.82. The van der Waals surface area contributed by atoms with E-state index in [1.54, 1.807) is 72.8 Å². The van der Waals surface area contributed by atoms with Gasteiger partial charge in [-0.05, 0) is 63.6 Å². The van der Waals surface area contributed by atoms with Crippen LogP contribution in [0, 0.1) is 11.8 Å². The van der Waals surface area contributed by atoms with Crippen molar-refractivity contribution in [1.29, 1.82) is 0 Å². The molecular weight excluding hydrogens is 536 g/mol. The Morgan fingerprint density at radius 3 is 1.76 bits per heavy atom. The van der Waals surface area contributed by atoms with Crippen LogP contribution in [0.15, 0.2) is 72.8 Å². The maximum absolute atomic E-state index is 14.1. The van der Waals surface area contributed by atoms with E-state index in [4.69, 9.17) is 14.2 Å². The van der Waals surface area contributed by atoms with Crippen molar-refractivity contribution >= 4 is 29.0 Å². The fraction of sp³-hybridized carbons (Fsp3) is 0.364. The predicted molar refractivity (Wildman–Crippen MR) is 160 cm³/mol. The number of para-hydroxylation sites is 5. The molecule has 0 bridgehead atoms. The molecule has 9 heteroatoms. The molecule has 3 aromatic carbocycles. The molecule has 4 unspecified atom stereocenters. The monoisotopic (exact) mass is 574 g/mol. The molecule has 0 aliphatic heterocycles. The van der Waals surface area contributed by atoms with Gasteiger partial charge in [-0.1, -0.05) is 42.5 Å². The Labute approximate surface area is 246 Å². The van der Waals surface area contributed by atoms with Gasteiger partial charge in [0.1, 0.15) is 28.9 Å². The number of ether oxygens (including phenoxy) is 3. The van der Waals surface area contributed by atoms with Crippen LogP contribution in [-0.2, 0) is 14.4 Å². The summed E-state index contributed by atoms with van der Waals surface area (Å²) in [6.07, 6.45) is -0.392. The van der Waals surface area contributed by atoms with Crippen LogP contribution in [0.25, 0.3) is 0 Å². The van der Waals surface area contributed by atoms with Crippen LogP contribution in [-0.4, -0.2) is 48.1 Å². The summed E-state index contributed by atoms with van der Waals surface area (Å²) >= 11 is 0. The van der Waals surface area contributed by atoms with E-state index in [1.165, 1.54) is 6.92 Å². The summed E-state index contributed by atoms with van der Waals surface area (Å²) < 4.78 is 17.2. The molecule has 9 nitrogen and oxygen atoms in total. The van der Waals surface area contributed by atoms with E-state index in [0.29, 0.717) is 54.0 Å². The third kappa shape index (κ3) is 6.57. The first-order chi connectivity index (χ1) is 20.2. The molecule has 1 saturated carbocycles. The van der Waals surface area contributed by atoms with Gasteiger partial charge in [0.05, 0.1) is 42.7 Å². The van der Waals surface area contributed by atoms with Crippen molar-refractivity contribution in [2.24, 2.45) is 11.8 Å². The summed E-state index contributed by atoms with van der Waals surface area (Å²) in [5, 5.41) is 17.4. The van der Waals surface area contributed by atoms with Crippen LogP contribution in [0.1, 0.15) is 45.6 Å². The quantitative estimate of drug-likeness (QED) is 0.269. The maximum atomic E-state index is 14.1. The molecule has 222 valence electrons. The van der Waals surface area contributed by atoms with Gasteiger partial charge in [0.2, 0.25) is 11.8 Å². The highest BCUT2D eigenvalue weighted by Crippen LogP contribution is 2.49. The number of hydrogen-bond donors (Lipinski definition) is 3. The van der Waals surface area contributed by atoms with E-state index in [2.05, 4.69) is 10.6 Å². The van der Waals surface area contributed by atoms with Crippen molar-refractivity contribution in [3.63, 3.8) is 0 Å². The first-order valence-corrected chi connectivity index (χ1v) is 14.2. The Kier molecular flexibility index (Phi) is 9.85. The molecular formula is C33H38N2O7. The van der Waals surface area contributed by atoms with Gasteiger partial charge in [0.25, 0.3) is 0 Å². The molecule has 4 rings (SSSR count). The van der Waals surface area contributed by atoms with Crippen molar-refractivity contribution in [2.45, 2.75) is 45.6 Å². The average molecular weight is 575 g/mol. The highest BCUT2D eigenvalue weighted by molar-refractivity contribution is 6.11. The number of hydrogen-bond acceptors (Lipinski definition) is 7. The average Bonchev–Trinajstić information content (AvgIpc) is 2.95. The highest BCUT2D eigenvalue weighted by atomic mass is 16.5. The number of rotatable bonds is 11. The number of anilines is 2. The summed E-state index contributed by atoms with van der Waals surface area (Å²) in [5.74, 6) is -3.86. The van der Waals surface area contributed by atoms with Gasteiger partial charge in [-0.25, -0.2) is 0 Å². The topological polar surface area (TPSA) is 123 Å². The number of Topliss-reactive ketones (excluding diaryl/α,β-unsaturated/α-hetero) is 1. The maximum Gasteiger partial charge on any atom is 0.235 e. The largest absolute Gasteiger partial charge is 0.494 e. The molecule has 3 N–H and O–H groups in total. The smallest absolute Gasteiger partial charge is 0.235 e. The van der Waals surface area contributed by atoms with Crippen LogP contribution in [0.5, 0.6) is 17.2 Å². The normalized spacial score (nSPS) is 21.7. The number of amides is 2. The first kappa shape index (κ1) is 30.6. The molecule has 0 aromatic heterocycles. The van der Waals surface area contributed by atoms with Gasteiger partial charge in [0.15, 0.2) is 0 Å². The van der Waals surface area contributed by atoms with Crippen molar-refractivity contribution in [3.8, 4) is 17.2 Å². The molecule has 0 heterocycles. The second kappa shape index (κ2) is 13.5. The molecule has 1 aliphatic carbocycles. The second-order valence-electron chi connectivity index (χ2n) is 10.3. The SMILES string of the molecule is CCOc1ccccc1NC(=O)C1C(=O)CC(C)(O)C(C(=O)Nc2ccccc2OCC)C1c1ccccc1OCC. The summed E-state index contributed by atoms with van der Waals surface area (Å²) in [7, 11) is 0. The molecule has 0 spiro atoms. The lowest BCUT2D eigenvalue weighted by molar-refractivity contribution is -0.150. The number of aliphatic hydroxyl groups is 1. The fourth-order valence-corrected chi connectivity index (χ4v) is 5.63. The summed E-state index contributed by atoms with van der Waals surface area (Å²) in [4.78, 5) is 41.9. The van der Waals surface area contributed by atoms with Gasteiger partial charge in [-0.2, -0.15) is 0 Å². The van der Waals surface area contributed by atoms with Gasteiger partial charge in [-0.3, -0.25) is 14.4 Å². The molecule has 0 saturated heterocycles. The summed E-state index contributed by atoms with van der Waals surface area (Å²) in [5.41, 5.74) is -0.478. The number of ketones is 1. The van der Waals surface area contributed by atoms with Crippen molar-refractivity contribution in [3.05, 3.63) is 78.4 Å². The van der Waals surface area contributed by atoms with Crippen LogP contribution in [0.2, 0.25) is 0 Å². The van der Waals surface area contributed by atoms with Crippen LogP contribution >= 0.6 is 0 Å². The zero-order valence-corrected chi connectivity index (χ0v) is 24.4. The van der Waals surface area contributed by atoms with E-state index < -0.39 is 47.4 Å². The predicted octanol–water partition coefficient (Wildman–Crippen LogP) is 5.20. The Hall–Kier alpha value is -4.37. The fourth-order valence-electron chi connectivity index (χ4n) is 5.63. The van der Waals surface area contributed by atoms with Crippen molar-refractivity contribution < 1.29 is 33.7 Å². The summed E-state index contributed by atoms with van der Waals surface area (Å²) in [6, 6.07) is 20.9. The zero-order valence-electron chi connectivity index (χ0n) is 24.4. The molecule has 3 aromatic rings. The van der Waals surface area contributed by atoms with E-state index in [0.717, 1.165) is 0 Å². The minimum absolute atomic E-state index is 0.325. The Morgan fingerprint density at radius 1 is 0.762 bits per heavy atom. The number of carbonyl (C=O) groups is 3. The van der Waals surface area contributed by atoms with E-state index >= 15 is 0 Å². The van der Waals surface area contributed by atoms with Gasteiger partial charge < -0.3 is 30.0 Å². The molecule has 2 amide bonds. The molecule has 0 radical (unpaired) electrons. The van der Waals surface area contributed by atoms with Gasteiger partial charge in [-0.15, -0.1) is 0 Å². The number of carbonyl (C=O) groups excluding carboxylic acids is 3. The third-order valence-corrected chi connectivity index (χ3v) is 7.30. The van der Waals surface area contributed by atoms with E-state index in [-0.39, 0.29) is 0 Å². The lowest BCUT2D eigenvalue weighted by Crippen LogP contribution is -2.56. The first-order valence-electron chi connectivity index (χ1n) is 14.2. The van der Waals surface area contributed by atoms with E-state index in [1.807, 2.05) is 20.8 Å². The minimum atomic E-state index is -1.77. The van der Waals surface area contributed by atoms with Crippen LogP contribution < -0.4 is 24.8 Å². The highest BCUT2D eigenvalue weighted by Gasteiger charge is 2.56.